The van der Waals surface area contributed by atoms with E-state index in [9.17, 15) is 4.79 Å². The van der Waals surface area contributed by atoms with E-state index in [-0.39, 0.29) is 6.04 Å². The molecule has 1 saturated carbocycles. The fourth-order valence-corrected chi connectivity index (χ4v) is 3.02. The minimum absolute atomic E-state index is 0.283. The number of aliphatic carboxylic acids is 1. The van der Waals surface area contributed by atoms with Crippen molar-refractivity contribution in [2.45, 2.75) is 31.8 Å². The van der Waals surface area contributed by atoms with Crippen LogP contribution in [-0.4, -0.2) is 29.1 Å². The van der Waals surface area contributed by atoms with E-state index >= 15 is 0 Å². The van der Waals surface area contributed by atoms with E-state index < -0.39 is 12.0 Å². The summed E-state index contributed by atoms with van der Waals surface area (Å²) in [4.78, 5) is 14.3. The molecule has 1 aliphatic rings. The van der Waals surface area contributed by atoms with Crippen molar-refractivity contribution in [1.82, 2.24) is 4.90 Å². The fourth-order valence-electron chi connectivity index (χ4n) is 2.05. The molecule has 0 aromatic carbocycles. The Morgan fingerprint density at radius 1 is 1.62 bits per heavy atom. The number of hydrogen-bond donors (Lipinski definition) is 1. The molecule has 2 rings (SSSR count). The van der Waals surface area contributed by atoms with E-state index in [0.29, 0.717) is 5.92 Å². The number of carboxylic acids is 1. The van der Waals surface area contributed by atoms with Crippen LogP contribution in [0.4, 0.5) is 0 Å². The summed E-state index contributed by atoms with van der Waals surface area (Å²) in [5.74, 6) is -0.102. The number of thiophene rings is 1. The first-order valence-electron chi connectivity index (χ1n) is 5.59. The van der Waals surface area contributed by atoms with Crippen LogP contribution in [0.1, 0.15) is 30.7 Å². The minimum atomic E-state index is -0.746. The average Bonchev–Trinajstić information content (AvgIpc) is 2.92. The molecule has 1 fully saturated rings. The molecule has 0 aliphatic heterocycles. The van der Waals surface area contributed by atoms with Gasteiger partial charge in [0, 0.05) is 10.9 Å². The summed E-state index contributed by atoms with van der Waals surface area (Å²) in [6.45, 7) is 1.76. The Hall–Kier alpha value is -0.870. The van der Waals surface area contributed by atoms with Gasteiger partial charge in [0.05, 0.1) is 0 Å². The molecule has 4 heteroatoms. The lowest BCUT2D eigenvalue weighted by Crippen LogP contribution is -2.39. The summed E-state index contributed by atoms with van der Waals surface area (Å²) in [5, 5.41) is 11.1. The highest BCUT2D eigenvalue weighted by molar-refractivity contribution is 7.10. The van der Waals surface area contributed by atoms with Gasteiger partial charge < -0.3 is 5.11 Å². The molecule has 16 heavy (non-hydrogen) atoms. The molecule has 0 radical (unpaired) electrons. The third-order valence-corrected chi connectivity index (χ3v) is 4.25. The van der Waals surface area contributed by atoms with Gasteiger partial charge in [-0.15, -0.1) is 11.3 Å². The van der Waals surface area contributed by atoms with Crippen molar-refractivity contribution in [3.05, 3.63) is 22.4 Å². The Morgan fingerprint density at radius 3 is 2.75 bits per heavy atom. The van der Waals surface area contributed by atoms with Crippen molar-refractivity contribution in [2.75, 3.05) is 7.05 Å². The number of nitrogens with zero attached hydrogens (tertiary/aromatic N) is 1. The normalized spacial score (nSPS) is 19.7. The van der Waals surface area contributed by atoms with E-state index in [1.54, 1.807) is 18.3 Å². The SMILES string of the molecule is CC(C(=O)O)N(C)C(c1cccs1)C1CC1. The summed E-state index contributed by atoms with van der Waals surface area (Å²) in [5.41, 5.74) is 0. The molecule has 88 valence electrons. The monoisotopic (exact) mass is 239 g/mol. The molecule has 3 nitrogen and oxygen atoms in total. The van der Waals surface area contributed by atoms with Crippen LogP contribution in [-0.2, 0) is 4.79 Å². The van der Waals surface area contributed by atoms with Crippen LogP contribution in [0.2, 0.25) is 0 Å². The lowest BCUT2D eigenvalue weighted by molar-refractivity contribution is -0.143. The number of hydrogen-bond acceptors (Lipinski definition) is 3. The second kappa shape index (κ2) is 4.55. The highest BCUT2D eigenvalue weighted by atomic mass is 32.1. The van der Waals surface area contributed by atoms with Gasteiger partial charge in [0.15, 0.2) is 0 Å². The molecule has 1 aromatic rings. The number of rotatable bonds is 5. The van der Waals surface area contributed by atoms with Gasteiger partial charge in [0.25, 0.3) is 0 Å². The van der Waals surface area contributed by atoms with Crippen LogP contribution in [0.5, 0.6) is 0 Å². The summed E-state index contributed by atoms with van der Waals surface area (Å²) < 4.78 is 0. The third-order valence-electron chi connectivity index (χ3n) is 3.31. The Labute approximate surface area is 99.7 Å². The zero-order valence-electron chi connectivity index (χ0n) is 9.59. The minimum Gasteiger partial charge on any atom is -0.480 e. The lowest BCUT2D eigenvalue weighted by Gasteiger charge is -2.30. The fraction of sp³-hybridized carbons (Fsp3) is 0.583. The molecular weight excluding hydrogens is 222 g/mol. The van der Waals surface area contributed by atoms with Gasteiger partial charge in [-0.05, 0) is 44.2 Å². The molecule has 0 bridgehead atoms. The van der Waals surface area contributed by atoms with Gasteiger partial charge in [0.2, 0.25) is 0 Å². The van der Waals surface area contributed by atoms with Crippen molar-refractivity contribution in [3.63, 3.8) is 0 Å². The molecule has 0 saturated heterocycles. The standard InChI is InChI=1S/C12H17NO2S/c1-8(12(14)15)13(2)11(9-5-6-9)10-4-3-7-16-10/h3-4,7-9,11H,5-6H2,1-2H3,(H,14,15). The summed E-state index contributed by atoms with van der Waals surface area (Å²) >= 11 is 1.72. The van der Waals surface area contributed by atoms with E-state index in [2.05, 4.69) is 11.4 Å². The Balaban J connectivity index is 2.16. The smallest absolute Gasteiger partial charge is 0.320 e. The average molecular weight is 239 g/mol. The van der Waals surface area contributed by atoms with Crippen LogP contribution in [0.25, 0.3) is 0 Å². The molecule has 0 spiro atoms. The molecular formula is C12H17NO2S. The Bertz CT molecular complexity index is 359. The first-order chi connectivity index (χ1) is 7.61. The molecule has 2 atom stereocenters. The van der Waals surface area contributed by atoms with E-state index in [1.807, 2.05) is 18.0 Å². The van der Waals surface area contributed by atoms with Gasteiger partial charge in [-0.2, -0.15) is 0 Å². The number of carboxylic acid groups (broad SMARTS) is 1. The number of carbonyl (C=O) groups is 1. The largest absolute Gasteiger partial charge is 0.480 e. The topological polar surface area (TPSA) is 40.5 Å². The van der Waals surface area contributed by atoms with Gasteiger partial charge in [0.1, 0.15) is 6.04 Å². The van der Waals surface area contributed by atoms with E-state index in [1.165, 1.54) is 17.7 Å². The highest BCUT2D eigenvalue weighted by Gasteiger charge is 2.38. The maximum atomic E-state index is 11.0. The molecule has 1 aliphatic carbocycles. The second-order valence-corrected chi connectivity index (χ2v) is 5.46. The summed E-state index contributed by atoms with van der Waals surface area (Å²) in [6, 6.07) is 4.01. The van der Waals surface area contributed by atoms with Crippen LogP contribution in [0, 0.1) is 5.92 Å². The lowest BCUT2D eigenvalue weighted by atomic mass is 10.1. The third kappa shape index (κ3) is 2.28. The van der Waals surface area contributed by atoms with Crippen molar-refractivity contribution < 1.29 is 9.90 Å². The van der Waals surface area contributed by atoms with Crippen molar-refractivity contribution in [3.8, 4) is 0 Å². The van der Waals surface area contributed by atoms with Crippen molar-refractivity contribution >= 4 is 17.3 Å². The summed E-state index contributed by atoms with van der Waals surface area (Å²) in [6.07, 6.45) is 2.44. The highest BCUT2D eigenvalue weighted by Crippen LogP contribution is 2.45. The molecule has 1 aromatic heterocycles. The predicted molar refractivity (Wildman–Crippen MR) is 64.6 cm³/mol. The Morgan fingerprint density at radius 2 is 2.31 bits per heavy atom. The zero-order chi connectivity index (χ0) is 11.7. The van der Waals surface area contributed by atoms with Crippen molar-refractivity contribution in [2.24, 2.45) is 5.92 Å². The quantitative estimate of drug-likeness (QED) is 0.858. The first-order valence-corrected chi connectivity index (χ1v) is 6.47. The van der Waals surface area contributed by atoms with Gasteiger partial charge >= 0.3 is 5.97 Å². The maximum absolute atomic E-state index is 11.0. The van der Waals surface area contributed by atoms with Gasteiger partial charge in [-0.3, -0.25) is 9.69 Å². The molecule has 1 N–H and O–H groups in total. The van der Waals surface area contributed by atoms with Crippen LogP contribution in [0.3, 0.4) is 0 Å². The number of likely N-dealkylation sites (N-methyl/N-ethyl adjacent to an activating group) is 1. The summed E-state index contributed by atoms with van der Waals surface area (Å²) in [7, 11) is 1.92. The van der Waals surface area contributed by atoms with Crippen LogP contribution < -0.4 is 0 Å². The molecule has 0 amide bonds. The van der Waals surface area contributed by atoms with Crippen LogP contribution in [0.15, 0.2) is 17.5 Å². The van der Waals surface area contributed by atoms with Crippen molar-refractivity contribution in [1.29, 1.82) is 0 Å². The van der Waals surface area contributed by atoms with Crippen LogP contribution >= 0.6 is 11.3 Å². The Kier molecular flexibility index (Phi) is 3.30. The zero-order valence-corrected chi connectivity index (χ0v) is 10.4. The maximum Gasteiger partial charge on any atom is 0.320 e. The van der Waals surface area contributed by atoms with E-state index in [0.717, 1.165) is 0 Å². The second-order valence-electron chi connectivity index (χ2n) is 4.48. The van der Waals surface area contributed by atoms with Gasteiger partial charge in [-0.1, -0.05) is 6.07 Å². The first kappa shape index (κ1) is 11.6. The molecule has 1 heterocycles. The predicted octanol–water partition coefficient (Wildman–Crippen LogP) is 2.60. The van der Waals surface area contributed by atoms with E-state index in [4.69, 9.17) is 5.11 Å². The molecule has 2 unspecified atom stereocenters. The van der Waals surface area contributed by atoms with Gasteiger partial charge in [-0.25, -0.2) is 0 Å².